The maximum Gasteiger partial charge on any atom is 0.416 e. The average molecular weight is 337 g/mol. The van der Waals surface area contributed by atoms with Gasteiger partial charge in [-0.1, -0.05) is 6.92 Å². The average Bonchev–Trinajstić information content (AvgIpc) is 2.42. The zero-order valence-electron chi connectivity index (χ0n) is 12.4. The first-order valence-corrected chi connectivity index (χ1v) is 7.00. The second-order valence-electron chi connectivity index (χ2n) is 5.58. The van der Waals surface area contributed by atoms with Crippen LogP contribution in [-0.4, -0.2) is 24.5 Å². The van der Waals surface area contributed by atoms with Crippen molar-refractivity contribution in [2.45, 2.75) is 38.5 Å². The predicted octanol–water partition coefficient (Wildman–Crippen LogP) is 3.24. The minimum atomic E-state index is -4.38. The molecular weight excluding hydrogens is 317 g/mol. The molecule has 1 aliphatic rings. The molecule has 2 N–H and O–H groups in total. The first-order valence-electron chi connectivity index (χ1n) is 7.00. The van der Waals surface area contributed by atoms with Crippen molar-refractivity contribution in [2.24, 2.45) is 5.92 Å². The minimum Gasteiger partial charge on any atom is -0.347 e. The number of amides is 1. The number of alkyl halides is 3. The Kier molecular flexibility index (Phi) is 6.26. The Morgan fingerprint density at radius 2 is 1.82 bits per heavy atom. The highest BCUT2D eigenvalue weighted by molar-refractivity contribution is 5.94. The number of nitrogens with one attached hydrogen (secondary N) is 2. The molecule has 3 nitrogen and oxygen atoms in total. The molecule has 7 heteroatoms. The number of hydrogen-bond acceptors (Lipinski definition) is 2. The monoisotopic (exact) mass is 336 g/mol. The molecule has 1 fully saturated rings. The first kappa shape index (κ1) is 18.8. The summed E-state index contributed by atoms with van der Waals surface area (Å²) < 4.78 is 37.5. The summed E-state index contributed by atoms with van der Waals surface area (Å²) in [6.07, 6.45) is -3.42. The highest BCUT2D eigenvalue weighted by Crippen LogP contribution is 2.29. The normalized spacial score (nSPS) is 25.2. The standard InChI is InChI=1S/C15H19F3N2O.ClH/c1-9-7-8-19-10(2)13(9)20-14(21)11-3-5-12(6-4-11)15(16,17)18;/h3-6,9-10,13,19H,7-8H2,1-2H3,(H,20,21);1H. The van der Waals surface area contributed by atoms with Gasteiger partial charge < -0.3 is 10.6 Å². The molecule has 3 atom stereocenters. The number of halogens is 4. The summed E-state index contributed by atoms with van der Waals surface area (Å²) in [5.74, 6) is -0.00391. The van der Waals surface area contributed by atoms with E-state index in [9.17, 15) is 18.0 Å². The largest absolute Gasteiger partial charge is 0.416 e. The van der Waals surface area contributed by atoms with Gasteiger partial charge in [-0.3, -0.25) is 4.79 Å². The van der Waals surface area contributed by atoms with E-state index in [1.165, 1.54) is 12.1 Å². The molecule has 0 aromatic heterocycles. The molecule has 1 aromatic carbocycles. The quantitative estimate of drug-likeness (QED) is 0.870. The van der Waals surface area contributed by atoms with Crippen LogP contribution in [0.25, 0.3) is 0 Å². The number of carbonyl (C=O) groups is 1. The van der Waals surface area contributed by atoms with Crippen molar-refractivity contribution >= 4 is 18.3 Å². The molecule has 0 spiro atoms. The molecule has 3 unspecified atom stereocenters. The molecule has 1 amide bonds. The lowest BCUT2D eigenvalue weighted by atomic mass is 9.89. The van der Waals surface area contributed by atoms with Gasteiger partial charge in [0.15, 0.2) is 0 Å². The lowest BCUT2D eigenvalue weighted by Gasteiger charge is -2.36. The first-order chi connectivity index (χ1) is 9.79. The van der Waals surface area contributed by atoms with Gasteiger partial charge in [0, 0.05) is 17.6 Å². The smallest absolute Gasteiger partial charge is 0.347 e. The SMILES string of the molecule is CC1CCNC(C)C1NC(=O)c1ccc(C(F)(F)F)cc1.Cl. The van der Waals surface area contributed by atoms with Crippen LogP contribution < -0.4 is 10.6 Å². The van der Waals surface area contributed by atoms with E-state index in [-0.39, 0.29) is 36.0 Å². The van der Waals surface area contributed by atoms with Crippen LogP contribution in [0.4, 0.5) is 13.2 Å². The molecule has 2 rings (SSSR count). The van der Waals surface area contributed by atoms with Gasteiger partial charge in [0.05, 0.1) is 5.56 Å². The summed E-state index contributed by atoms with van der Waals surface area (Å²) in [4.78, 5) is 12.1. The Hall–Kier alpha value is -1.27. The number of piperidine rings is 1. The van der Waals surface area contributed by atoms with Crippen molar-refractivity contribution in [3.63, 3.8) is 0 Å². The zero-order valence-corrected chi connectivity index (χ0v) is 13.2. The summed E-state index contributed by atoms with van der Waals surface area (Å²) >= 11 is 0. The number of carbonyl (C=O) groups excluding carboxylic acids is 1. The van der Waals surface area contributed by atoms with Crippen LogP contribution in [-0.2, 0) is 6.18 Å². The van der Waals surface area contributed by atoms with Gasteiger partial charge in [-0.15, -0.1) is 12.4 Å². The molecule has 0 aliphatic carbocycles. The maximum atomic E-state index is 12.5. The second kappa shape index (κ2) is 7.33. The molecule has 1 heterocycles. The van der Waals surface area contributed by atoms with Crippen molar-refractivity contribution in [1.82, 2.24) is 10.6 Å². The van der Waals surface area contributed by atoms with E-state index >= 15 is 0 Å². The van der Waals surface area contributed by atoms with Gasteiger partial charge in [-0.05, 0) is 50.1 Å². The fourth-order valence-corrected chi connectivity index (χ4v) is 2.65. The third kappa shape index (κ3) is 4.36. The van der Waals surface area contributed by atoms with E-state index in [1.807, 2.05) is 6.92 Å². The molecule has 124 valence electrons. The summed E-state index contributed by atoms with van der Waals surface area (Å²) in [5, 5.41) is 6.20. The fraction of sp³-hybridized carbons (Fsp3) is 0.533. The second-order valence-corrected chi connectivity index (χ2v) is 5.58. The Labute approximate surface area is 134 Å². The summed E-state index contributed by atoms with van der Waals surface area (Å²) in [5.41, 5.74) is -0.506. The Morgan fingerprint density at radius 3 is 2.32 bits per heavy atom. The molecular formula is C15H20ClF3N2O. The van der Waals surface area contributed by atoms with Crippen molar-refractivity contribution < 1.29 is 18.0 Å². The minimum absolute atomic E-state index is 0. The van der Waals surface area contributed by atoms with E-state index < -0.39 is 11.7 Å². The Morgan fingerprint density at radius 1 is 1.23 bits per heavy atom. The molecule has 1 aromatic rings. The van der Waals surface area contributed by atoms with Gasteiger partial charge in [-0.25, -0.2) is 0 Å². The van der Waals surface area contributed by atoms with Gasteiger partial charge in [0.1, 0.15) is 0 Å². The van der Waals surface area contributed by atoms with Crippen molar-refractivity contribution in [2.75, 3.05) is 6.54 Å². The van der Waals surface area contributed by atoms with Crippen LogP contribution in [0.5, 0.6) is 0 Å². The topological polar surface area (TPSA) is 41.1 Å². The molecule has 0 radical (unpaired) electrons. The fourth-order valence-electron chi connectivity index (χ4n) is 2.65. The molecule has 0 bridgehead atoms. The van der Waals surface area contributed by atoms with E-state index in [2.05, 4.69) is 17.6 Å². The van der Waals surface area contributed by atoms with Gasteiger partial charge in [-0.2, -0.15) is 13.2 Å². The van der Waals surface area contributed by atoms with Crippen LogP contribution in [0.1, 0.15) is 36.2 Å². The van der Waals surface area contributed by atoms with Crippen LogP contribution in [0.3, 0.4) is 0 Å². The highest BCUT2D eigenvalue weighted by Gasteiger charge is 2.31. The van der Waals surface area contributed by atoms with Crippen LogP contribution in [0, 0.1) is 5.92 Å². The van der Waals surface area contributed by atoms with E-state index in [4.69, 9.17) is 0 Å². The van der Waals surface area contributed by atoms with Crippen LogP contribution in [0.2, 0.25) is 0 Å². The summed E-state index contributed by atoms with van der Waals surface area (Å²) in [6, 6.07) is 4.41. The van der Waals surface area contributed by atoms with Gasteiger partial charge in [0.25, 0.3) is 5.91 Å². The Bertz CT molecular complexity index is 495. The summed E-state index contributed by atoms with van der Waals surface area (Å²) in [7, 11) is 0. The van der Waals surface area contributed by atoms with E-state index in [1.54, 1.807) is 0 Å². The van der Waals surface area contributed by atoms with Crippen LogP contribution in [0.15, 0.2) is 24.3 Å². The number of rotatable bonds is 2. The lowest BCUT2D eigenvalue weighted by Crippen LogP contribution is -2.55. The molecule has 22 heavy (non-hydrogen) atoms. The van der Waals surface area contributed by atoms with Crippen molar-refractivity contribution in [3.05, 3.63) is 35.4 Å². The highest BCUT2D eigenvalue weighted by atomic mass is 35.5. The Balaban J connectivity index is 0.00000242. The molecule has 0 saturated carbocycles. The predicted molar refractivity (Wildman–Crippen MR) is 81.2 cm³/mol. The van der Waals surface area contributed by atoms with Gasteiger partial charge in [0.2, 0.25) is 0 Å². The maximum absolute atomic E-state index is 12.5. The van der Waals surface area contributed by atoms with Gasteiger partial charge >= 0.3 is 6.18 Å². The summed E-state index contributed by atoms with van der Waals surface area (Å²) in [6.45, 7) is 4.97. The molecule has 1 saturated heterocycles. The third-order valence-electron chi connectivity index (χ3n) is 3.99. The van der Waals surface area contributed by atoms with E-state index in [0.29, 0.717) is 5.92 Å². The zero-order chi connectivity index (χ0) is 15.6. The van der Waals surface area contributed by atoms with Crippen molar-refractivity contribution in [3.8, 4) is 0 Å². The van der Waals surface area contributed by atoms with Crippen LogP contribution >= 0.6 is 12.4 Å². The van der Waals surface area contributed by atoms with E-state index in [0.717, 1.165) is 25.1 Å². The lowest BCUT2D eigenvalue weighted by molar-refractivity contribution is -0.137. The number of hydrogen-bond donors (Lipinski definition) is 2. The van der Waals surface area contributed by atoms with Crippen molar-refractivity contribution in [1.29, 1.82) is 0 Å². The third-order valence-corrected chi connectivity index (χ3v) is 3.99. The number of benzene rings is 1. The molecule has 1 aliphatic heterocycles.